The molecule has 104 valence electrons. The van der Waals surface area contributed by atoms with E-state index in [4.69, 9.17) is 5.11 Å². The molecule has 17 heavy (non-hydrogen) atoms. The third-order valence-electron chi connectivity index (χ3n) is 2.99. The quantitative estimate of drug-likeness (QED) is 0.467. The van der Waals surface area contributed by atoms with Crippen LogP contribution >= 0.6 is 0 Å². The maximum atomic E-state index is 10.3. The summed E-state index contributed by atoms with van der Waals surface area (Å²) in [7, 11) is 0. The molecule has 0 amide bonds. The Morgan fingerprint density at radius 2 is 1.12 bits per heavy atom. The second-order valence-electron chi connectivity index (χ2n) is 4.68. The van der Waals surface area contributed by atoms with E-state index >= 15 is 0 Å². The predicted molar refractivity (Wildman–Crippen MR) is 74.7 cm³/mol. The van der Waals surface area contributed by atoms with Gasteiger partial charge in [0.15, 0.2) is 0 Å². The minimum Gasteiger partial charge on any atom is -0.481 e. The second-order valence-corrected chi connectivity index (χ2v) is 4.68. The summed E-state index contributed by atoms with van der Waals surface area (Å²) in [6.45, 7) is 2.25. The second kappa shape index (κ2) is 15.4. The zero-order chi connectivity index (χ0) is 12.1. The van der Waals surface area contributed by atoms with Crippen LogP contribution in [0.4, 0.5) is 0 Å². The molecule has 0 aliphatic carbocycles. The molecule has 0 saturated carbocycles. The zero-order valence-corrected chi connectivity index (χ0v) is 11.8. The number of carboxylic acids is 1. The highest BCUT2D eigenvalue weighted by atomic mass is 16.4. The molecule has 0 aromatic carbocycles. The Labute approximate surface area is 107 Å². The Balaban J connectivity index is 0. The maximum Gasteiger partial charge on any atom is 0.303 e. The van der Waals surface area contributed by atoms with Crippen molar-refractivity contribution >= 4 is 5.97 Å². The fourth-order valence-electron chi connectivity index (χ4n) is 1.94. The van der Waals surface area contributed by atoms with E-state index in [1.54, 1.807) is 0 Å². The molecule has 0 unspecified atom stereocenters. The van der Waals surface area contributed by atoms with Crippen molar-refractivity contribution in [3.63, 3.8) is 0 Å². The first-order valence-electron chi connectivity index (χ1n) is 6.99. The number of carbonyl (C=O) groups is 1. The molecule has 0 aliphatic rings. The Hall–Kier alpha value is -0.570. The number of rotatable bonds is 12. The molecule has 0 aromatic heterocycles. The van der Waals surface area contributed by atoms with E-state index in [0.29, 0.717) is 6.42 Å². The number of hydrogen-bond donors (Lipinski definition) is 2. The van der Waals surface area contributed by atoms with Crippen molar-refractivity contribution in [1.29, 1.82) is 0 Å². The molecule has 0 aromatic rings. The smallest absolute Gasteiger partial charge is 0.303 e. The largest absolute Gasteiger partial charge is 0.481 e. The van der Waals surface area contributed by atoms with E-state index < -0.39 is 5.97 Å². The van der Waals surface area contributed by atoms with Crippen LogP contribution in [0.2, 0.25) is 0 Å². The molecular formula is C14H32NO2+. The fourth-order valence-corrected chi connectivity index (χ4v) is 1.94. The molecule has 0 heterocycles. The summed E-state index contributed by atoms with van der Waals surface area (Å²) in [6, 6.07) is 0. The Morgan fingerprint density at radius 1 is 0.765 bits per heavy atom. The number of unbranched alkanes of at least 4 members (excludes halogenated alkanes) is 10. The molecule has 0 radical (unpaired) electrons. The highest BCUT2D eigenvalue weighted by Crippen LogP contribution is 2.11. The minimum atomic E-state index is -0.657. The van der Waals surface area contributed by atoms with E-state index in [2.05, 4.69) is 6.92 Å². The molecular weight excluding hydrogens is 214 g/mol. The van der Waals surface area contributed by atoms with Crippen molar-refractivity contribution < 1.29 is 9.90 Å². The van der Waals surface area contributed by atoms with Gasteiger partial charge in [-0.1, -0.05) is 71.1 Å². The van der Waals surface area contributed by atoms with E-state index in [1.165, 1.54) is 57.8 Å². The monoisotopic (exact) mass is 246 g/mol. The third kappa shape index (κ3) is 18.0. The Morgan fingerprint density at radius 3 is 1.47 bits per heavy atom. The molecule has 0 aliphatic heterocycles. The van der Waals surface area contributed by atoms with E-state index in [1.807, 2.05) is 0 Å². The van der Waals surface area contributed by atoms with Crippen molar-refractivity contribution in [2.24, 2.45) is 0 Å². The van der Waals surface area contributed by atoms with Crippen molar-refractivity contribution in [3.8, 4) is 0 Å². The highest BCUT2D eigenvalue weighted by Gasteiger charge is 1.96. The number of aliphatic carboxylic acids is 1. The van der Waals surface area contributed by atoms with Gasteiger partial charge in [-0.3, -0.25) is 4.79 Å². The van der Waals surface area contributed by atoms with Gasteiger partial charge in [-0.25, -0.2) is 0 Å². The van der Waals surface area contributed by atoms with Crippen LogP contribution in [0.25, 0.3) is 0 Å². The first-order chi connectivity index (χ1) is 7.77. The van der Waals surface area contributed by atoms with Crippen molar-refractivity contribution in [1.82, 2.24) is 6.15 Å². The number of quaternary nitrogens is 1. The van der Waals surface area contributed by atoms with Crippen molar-refractivity contribution in [3.05, 3.63) is 0 Å². The van der Waals surface area contributed by atoms with Gasteiger partial charge in [-0.15, -0.1) is 0 Å². The summed E-state index contributed by atoms with van der Waals surface area (Å²) in [4.78, 5) is 10.3. The van der Waals surface area contributed by atoms with E-state index in [9.17, 15) is 4.79 Å². The summed E-state index contributed by atoms with van der Waals surface area (Å²) in [5, 5.41) is 8.46. The van der Waals surface area contributed by atoms with E-state index in [-0.39, 0.29) is 6.15 Å². The molecule has 0 spiro atoms. The molecule has 0 bridgehead atoms. The van der Waals surface area contributed by atoms with Crippen LogP contribution in [0, 0.1) is 0 Å². The normalized spacial score (nSPS) is 9.94. The summed E-state index contributed by atoms with van der Waals surface area (Å²) < 4.78 is 0. The molecule has 0 atom stereocenters. The van der Waals surface area contributed by atoms with Gasteiger partial charge < -0.3 is 11.3 Å². The van der Waals surface area contributed by atoms with Crippen LogP contribution in [0.1, 0.15) is 84.0 Å². The lowest BCUT2D eigenvalue weighted by atomic mass is 10.1. The standard InChI is InChI=1S/C14H28O2.H3N/c1-2-3-4-5-6-7-8-9-10-11-12-13-14(15)16;/h2-13H2,1H3,(H,15,16);1H3/p+1. The van der Waals surface area contributed by atoms with Gasteiger partial charge in [0.05, 0.1) is 0 Å². The van der Waals surface area contributed by atoms with Crippen LogP contribution in [0.15, 0.2) is 0 Å². The SMILES string of the molecule is CCCCCCCCCCCCCC(=O)O.[NH4+]. The summed E-state index contributed by atoms with van der Waals surface area (Å²) in [6.07, 6.45) is 14.4. The van der Waals surface area contributed by atoms with Gasteiger partial charge in [-0.05, 0) is 6.42 Å². The molecule has 0 fully saturated rings. The van der Waals surface area contributed by atoms with Gasteiger partial charge in [0.2, 0.25) is 0 Å². The lowest BCUT2D eigenvalue weighted by Gasteiger charge is -2.01. The van der Waals surface area contributed by atoms with E-state index in [0.717, 1.165) is 12.8 Å². The average molecular weight is 246 g/mol. The van der Waals surface area contributed by atoms with Gasteiger partial charge in [-0.2, -0.15) is 0 Å². The van der Waals surface area contributed by atoms with Gasteiger partial charge in [0.1, 0.15) is 0 Å². The predicted octanol–water partition coefficient (Wildman–Crippen LogP) is 5.15. The number of hydrogen-bond acceptors (Lipinski definition) is 1. The number of carboxylic acid groups (broad SMARTS) is 1. The van der Waals surface area contributed by atoms with Crippen molar-refractivity contribution in [2.75, 3.05) is 0 Å². The topological polar surface area (TPSA) is 73.8 Å². The highest BCUT2D eigenvalue weighted by molar-refractivity contribution is 5.66. The Bertz CT molecular complexity index is 160. The lowest BCUT2D eigenvalue weighted by Crippen LogP contribution is -1.93. The van der Waals surface area contributed by atoms with Crippen molar-refractivity contribution in [2.45, 2.75) is 84.0 Å². The lowest BCUT2D eigenvalue weighted by molar-refractivity contribution is -0.137. The molecule has 3 heteroatoms. The van der Waals surface area contributed by atoms with Crippen LogP contribution in [0.5, 0.6) is 0 Å². The maximum absolute atomic E-state index is 10.3. The van der Waals surface area contributed by atoms with Gasteiger partial charge >= 0.3 is 5.97 Å². The summed E-state index contributed by atoms with van der Waals surface area (Å²) >= 11 is 0. The Kier molecular flexibility index (Phi) is 17.1. The first kappa shape index (κ1) is 18.8. The molecule has 5 N–H and O–H groups in total. The van der Waals surface area contributed by atoms with Crippen LogP contribution in [-0.4, -0.2) is 11.1 Å². The fraction of sp³-hybridized carbons (Fsp3) is 0.929. The molecule has 3 nitrogen and oxygen atoms in total. The summed E-state index contributed by atoms with van der Waals surface area (Å²) in [5.41, 5.74) is 0. The third-order valence-corrected chi connectivity index (χ3v) is 2.99. The van der Waals surface area contributed by atoms with Gasteiger partial charge in [0, 0.05) is 6.42 Å². The summed E-state index contributed by atoms with van der Waals surface area (Å²) in [5.74, 6) is -0.657. The first-order valence-corrected chi connectivity index (χ1v) is 6.99. The van der Waals surface area contributed by atoms with Crippen LogP contribution in [-0.2, 0) is 4.79 Å². The molecule has 0 rings (SSSR count). The van der Waals surface area contributed by atoms with Gasteiger partial charge in [0.25, 0.3) is 0 Å². The molecule has 0 saturated heterocycles. The minimum absolute atomic E-state index is 0. The average Bonchev–Trinajstić information content (AvgIpc) is 2.25. The van der Waals surface area contributed by atoms with Crippen LogP contribution in [0.3, 0.4) is 0 Å². The van der Waals surface area contributed by atoms with Crippen LogP contribution < -0.4 is 6.15 Å². The zero-order valence-electron chi connectivity index (χ0n) is 11.8.